The molecular formula is C26H27ClN4O3. The molecule has 2 aromatic carbocycles. The molecule has 1 aliphatic rings. The van der Waals surface area contributed by atoms with Gasteiger partial charge in [0.2, 0.25) is 0 Å². The van der Waals surface area contributed by atoms with E-state index in [0.717, 1.165) is 47.1 Å². The molecule has 5 rings (SSSR count). The number of aromatic nitrogens is 3. The molecule has 0 aliphatic carbocycles. The Morgan fingerprint density at radius 1 is 1.18 bits per heavy atom. The monoisotopic (exact) mass is 478 g/mol. The van der Waals surface area contributed by atoms with Crippen molar-refractivity contribution < 1.29 is 14.3 Å². The molecule has 2 aromatic heterocycles. The number of H-pyrrole nitrogens is 1. The molecule has 3 heterocycles. The van der Waals surface area contributed by atoms with E-state index in [1.54, 1.807) is 6.20 Å². The molecule has 1 aliphatic heterocycles. The third-order valence-corrected chi connectivity index (χ3v) is 6.64. The van der Waals surface area contributed by atoms with Crippen LogP contribution in [0.5, 0.6) is 5.75 Å². The maximum atomic E-state index is 11.6. The van der Waals surface area contributed by atoms with Gasteiger partial charge in [0.25, 0.3) is 0 Å². The van der Waals surface area contributed by atoms with Crippen LogP contribution in [-0.2, 0) is 16.1 Å². The van der Waals surface area contributed by atoms with Crippen LogP contribution in [0.25, 0.3) is 21.8 Å². The third kappa shape index (κ3) is 4.45. The zero-order valence-corrected chi connectivity index (χ0v) is 20.2. The predicted octanol–water partition coefficient (Wildman–Crippen LogP) is 5.15. The lowest BCUT2D eigenvalue weighted by molar-refractivity contribution is -0.151. The summed E-state index contributed by atoms with van der Waals surface area (Å²) in [7, 11) is 1.44. The van der Waals surface area contributed by atoms with Gasteiger partial charge in [-0.15, -0.1) is 0 Å². The Labute approximate surface area is 203 Å². The van der Waals surface area contributed by atoms with Crippen molar-refractivity contribution in [3.8, 4) is 5.75 Å². The van der Waals surface area contributed by atoms with Crippen LogP contribution in [0, 0.1) is 11.8 Å². The quantitative estimate of drug-likeness (QED) is 0.370. The van der Waals surface area contributed by atoms with E-state index in [9.17, 15) is 4.79 Å². The molecule has 0 radical (unpaired) electrons. The number of carbonyl (C=O) groups is 1. The zero-order chi connectivity index (χ0) is 23.8. The van der Waals surface area contributed by atoms with Gasteiger partial charge in [0.1, 0.15) is 17.0 Å². The lowest BCUT2D eigenvalue weighted by Gasteiger charge is -2.37. The fourth-order valence-electron chi connectivity index (χ4n) is 4.50. The Kier molecular flexibility index (Phi) is 6.15. The summed E-state index contributed by atoms with van der Waals surface area (Å²) in [4.78, 5) is 18.3. The number of aromatic amines is 1. The third-order valence-electron chi connectivity index (χ3n) is 6.36. The molecule has 7 nitrogen and oxygen atoms in total. The number of rotatable bonds is 7. The molecule has 0 amide bonds. The topological polar surface area (TPSA) is 80.3 Å². The molecular weight excluding hydrogens is 452 g/mol. The molecule has 0 bridgehead atoms. The Morgan fingerprint density at radius 2 is 1.94 bits per heavy atom. The lowest BCUT2D eigenvalue weighted by Crippen LogP contribution is -2.49. The highest BCUT2D eigenvalue weighted by atomic mass is 35.5. The van der Waals surface area contributed by atoms with Crippen LogP contribution in [-0.4, -0.2) is 46.2 Å². The summed E-state index contributed by atoms with van der Waals surface area (Å²) in [5.41, 5.74) is 2.78. The summed E-state index contributed by atoms with van der Waals surface area (Å²) in [6, 6.07) is 14.6. The second kappa shape index (κ2) is 9.24. The van der Waals surface area contributed by atoms with Crippen molar-refractivity contribution in [3.63, 3.8) is 0 Å². The van der Waals surface area contributed by atoms with Crippen LogP contribution in [0.2, 0.25) is 5.15 Å². The molecule has 8 heteroatoms. The molecule has 1 N–H and O–H groups in total. The Hall–Kier alpha value is -3.16. The van der Waals surface area contributed by atoms with Crippen molar-refractivity contribution in [1.29, 1.82) is 0 Å². The molecule has 1 fully saturated rings. The smallest absolute Gasteiger partial charge is 0.311 e. The van der Waals surface area contributed by atoms with Crippen LogP contribution in [0.15, 0.2) is 48.7 Å². The molecule has 0 spiro atoms. The Balaban J connectivity index is 1.31. The number of hydrogen-bond donors (Lipinski definition) is 1. The first-order valence-electron chi connectivity index (χ1n) is 11.4. The standard InChI is InChI=1S/C26H27ClN4O3/c1-15(2)23(19-10-22-24(27)29-30-25(22)28-11-19)34-21-7-6-17-8-16(4-5-18(17)9-21)12-31-13-20(14-31)26(32)33-3/h4-11,15,20,23H,12-14H2,1-3H3,(H,28,29,30). The molecule has 1 saturated heterocycles. The van der Waals surface area contributed by atoms with E-state index in [0.29, 0.717) is 10.8 Å². The van der Waals surface area contributed by atoms with Gasteiger partial charge in [-0.1, -0.05) is 43.6 Å². The summed E-state index contributed by atoms with van der Waals surface area (Å²) in [6.07, 6.45) is 1.63. The predicted molar refractivity (Wildman–Crippen MR) is 132 cm³/mol. The fourth-order valence-corrected chi connectivity index (χ4v) is 4.68. The van der Waals surface area contributed by atoms with Crippen molar-refractivity contribution in [1.82, 2.24) is 20.1 Å². The number of ether oxygens (including phenoxy) is 2. The molecule has 1 atom stereocenters. The number of benzene rings is 2. The number of pyridine rings is 1. The maximum Gasteiger partial charge on any atom is 0.311 e. The molecule has 34 heavy (non-hydrogen) atoms. The van der Waals surface area contributed by atoms with E-state index in [1.807, 2.05) is 12.1 Å². The second-order valence-corrected chi connectivity index (χ2v) is 9.60. The first kappa shape index (κ1) is 22.6. The average Bonchev–Trinajstić information content (AvgIpc) is 3.18. The van der Waals surface area contributed by atoms with Gasteiger partial charge in [0, 0.05) is 31.4 Å². The average molecular weight is 479 g/mol. The minimum absolute atomic E-state index is 0.000452. The van der Waals surface area contributed by atoms with E-state index < -0.39 is 0 Å². The minimum atomic E-state index is -0.172. The summed E-state index contributed by atoms with van der Waals surface area (Å²) in [6.45, 7) is 6.57. The number of fused-ring (bicyclic) bond motifs is 2. The van der Waals surface area contributed by atoms with E-state index in [2.05, 4.69) is 64.3 Å². The van der Waals surface area contributed by atoms with Gasteiger partial charge in [-0.2, -0.15) is 5.10 Å². The van der Waals surface area contributed by atoms with E-state index >= 15 is 0 Å². The van der Waals surface area contributed by atoms with Crippen molar-refractivity contribution >= 4 is 39.4 Å². The van der Waals surface area contributed by atoms with Crippen LogP contribution >= 0.6 is 11.6 Å². The number of halogens is 1. The first-order chi connectivity index (χ1) is 16.4. The number of likely N-dealkylation sites (tertiary alicyclic amines) is 1. The SMILES string of the molecule is COC(=O)C1CN(Cc2ccc3cc(OC(c4cnc5n[nH]c(Cl)c5c4)C(C)C)ccc3c2)C1. The summed E-state index contributed by atoms with van der Waals surface area (Å²) in [5.74, 6) is 0.916. The number of nitrogens with zero attached hydrogens (tertiary/aromatic N) is 3. The fraction of sp³-hybridized carbons (Fsp3) is 0.346. The minimum Gasteiger partial charge on any atom is -0.485 e. The Morgan fingerprint density at radius 3 is 2.71 bits per heavy atom. The number of esters is 1. The van der Waals surface area contributed by atoms with Gasteiger partial charge in [0.15, 0.2) is 5.65 Å². The van der Waals surface area contributed by atoms with Crippen molar-refractivity contribution in [2.45, 2.75) is 26.5 Å². The van der Waals surface area contributed by atoms with Gasteiger partial charge in [-0.3, -0.25) is 14.8 Å². The van der Waals surface area contributed by atoms with Crippen molar-refractivity contribution in [2.24, 2.45) is 11.8 Å². The normalized spacial score (nSPS) is 15.6. The summed E-state index contributed by atoms with van der Waals surface area (Å²) < 4.78 is 11.3. The van der Waals surface area contributed by atoms with Crippen molar-refractivity contribution in [3.05, 3.63) is 64.9 Å². The number of nitrogens with one attached hydrogen (secondary N) is 1. The van der Waals surface area contributed by atoms with Gasteiger partial charge in [0.05, 0.1) is 18.4 Å². The van der Waals surface area contributed by atoms with E-state index in [-0.39, 0.29) is 23.9 Å². The van der Waals surface area contributed by atoms with E-state index in [4.69, 9.17) is 21.1 Å². The highest BCUT2D eigenvalue weighted by Gasteiger charge is 2.33. The van der Waals surface area contributed by atoms with Gasteiger partial charge in [-0.05, 0) is 46.5 Å². The largest absolute Gasteiger partial charge is 0.485 e. The summed E-state index contributed by atoms with van der Waals surface area (Å²) >= 11 is 6.22. The summed E-state index contributed by atoms with van der Waals surface area (Å²) in [5, 5.41) is 10.4. The molecule has 176 valence electrons. The van der Waals surface area contributed by atoms with Gasteiger partial charge >= 0.3 is 5.97 Å². The highest BCUT2D eigenvalue weighted by molar-refractivity contribution is 6.34. The Bertz CT molecular complexity index is 1350. The second-order valence-electron chi connectivity index (χ2n) is 9.22. The van der Waals surface area contributed by atoms with Crippen molar-refractivity contribution in [2.75, 3.05) is 20.2 Å². The van der Waals surface area contributed by atoms with Crippen LogP contribution in [0.4, 0.5) is 0 Å². The number of hydrogen-bond acceptors (Lipinski definition) is 6. The molecule has 4 aromatic rings. The van der Waals surface area contributed by atoms with Crippen LogP contribution in [0.1, 0.15) is 31.1 Å². The number of carbonyl (C=O) groups excluding carboxylic acids is 1. The maximum absolute atomic E-state index is 11.6. The van der Waals surface area contributed by atoms with Crippen LogP contribution < -0.4 is 4.74 Å². The zero-order valence-electron chi connectivity index (χ0n) is 19.4. The van der Waals surface area contributed by atoms with Gasteiger partial charge < -0.3 is 9.47 Å². The highest BCUT2D eigenvalue weighted by Crippen LogP contribution is 2.32. The van der Waals surface area contributed by atoms with E-state index in [1.165, 1.54) is 12.7 Å². The van der Waals surface area contributed by atoms with Gasteiger partial charge in [-0.25, -0.2) is 4.98 Å². The first-order valence-corrected chi connectivity index (χ1v) is 11.8. The molecule has 1 unspecified atom stereocenters. The number of methoxy groups -OCH3 is 1. The molecule has 0 saturated carbocycles. The van der Waals surface area contributed by atoms with Crippen LogP contribution in [0.3, 0.4) is 0 Å². The lowest BCUT2D eigenvalue weighted by atomic mass is 9.98.